The molecule has 0 saturated carbocycles. The topological polar surface area (TPSA) is 103 Å². The summed E-state index contributed by atoms with van der Waals surface area (Å²) in [7, 11) is -2.58. The molecule has 0 fully saturated rings. The maximum absolute atomic E-state index is 13.8. The number of pyridine rings is 1. The van der Waals surface area contributed by atoms with Crippen LogP contribution < -0.4 is 15.0 Å². The van der Waals surface area contributed by atoms with Gasteiger partial charge < -0.3 is 9.30 Å². The van der Waals surface area contributed by atoms with Gasteiger partial charge in [0.05, 0.1) is 16.8 Å². The number of para-hydroxylation sites is 2. The Balaban J connectivity index is 2.12. The maximum atomic E-state index is 13.8. The Hall–Kier alpha value is -3.15. The second-order valence-electron chi connectivity index (χ2n) is 6.74. The van der Waals surface area contributed by atoms with E-state index < -0.39 is 39.6 Å². The third-order valence-electron chi connectivity index (χ3n) is 4.20. The Bertz CT molecular complexity index is 1260. The highest BCUT2D eigenvalue weighted by atomic mass is 32.2. The number of aromatic nitrogens is 3. The maximum Gasteiger partial charge on any atom is 0.429 e. The van der Waals surface area contributed by atoms with Crippen molar-refractivity contribution in [3.05, 3.63) is 58.5 Å². The molecule has 0 spiro atoms. The highest BCUT2D eigenvalue weighted by Crippen LogP contribution is 2.38. The van der Waals surface area contributed by atoms with Gasteiger partial charge in [-0.25, -0.2) is 18.4 Å². The Morgan fingerprint density at radius 3 is 2.35 bits per heavy atom. The van der Waals surface area contributed by atoms with Gasteiger partial charge in [-0.05, 0) is 24.6 Å². The van der Waals surface area contributed by atoms with Crippen LogP contribution in [0, 0.1) is 0 Å². The van der Waals surface area contributed by atoms with Crippen LogP contribution in [0.3, 0.4) is 0 Å². The summed E-state index contributed by atoms with van der Waals surface area (Å²) in [5.41, 5.74) is -0.359. The van der Waals surface area contributed by atoms with Gasteiger partial charge in [0.2, 0.25) is 27.5 Å². The quantitative estimate of drug-likeness (QED) is 0.586. The molecule has 0 aliphatic heterocycles. The molecule has 1 N–H and O–H groups in total. The molecule has 0 radical (unpaired) electrons. The van der Waals surface area contributed by atoms with Crippen LogP contribution in [0.15, 0.2) is 47.4 Å². The molecule has 2 heterocycles. The standard InChI is InChI=1S/C19H19F3N4O4S/c1-3-10-31(28,29)25-17-18(24-14-7-5-4-6-13(14)23-17)30-16(19(20,21)22)12-8-9-15(27)26(2)11-12/h4-9,11,16H,3,10H2,1-2H3,(H,23,25). The molecule has 1 atom stereocenters. The Kier molecular flexibility index (Phi) is 6.20. The third kappa shape index (κ3) is 5.32. The summed E-state index contributed by atoms with van der Waals surface area (Å²) in [6, 6.07) is 8.26. The molecule has 1 unspecified atom stereocenters. The molecule has 166 valence electrons. The van der Waals surface area contributed by atoms with E-state index in [0.717, 1.165) is 22.9 Å². The largest absolute Gasteiger partial charge is 0.457 e. The van der Waals surface area contributed by atoms with Gasteiger partial charge in [-0.15, -0.1) is 0 Å². The van der Waals surface area contributed by atoms with E-state index in [0.29, 0.717) is 0 Å². The van der Waals surface area contributed by atoms with Crippen LogP contribution in [0.5, 0.6) is 5.88 Å². The predicted molar refractivity (Wildman–Crippen MR) is 108 cm³/mol. The van der Waals surface area contributed by atoms with Gasteiger partial charge in [-0.2, -0.15) is 13.2 Å². The van der Waals surface area contributed by atoms with E-state index in [1.54, 1.807) is 19.1 Å². The molecule has 0 aliphatic rings. The normalized spacial score (nSPS) is 13.2. The summed E-state index contributed by atoms with van der Waals surface area (Å²) >= 11 is 0. The molecule has 0 amide bonds. The van der Waals surface area contributed by atoms with E-state index in [9.17, 15) is 26.4 Å². The second kappa shape index (κ2) is 8.53. The van der Waals surface area contributed by atoms with E-state index >= 15 is 0 Å². The van der Waals surface area contributed by atoms with E-state index in [1.807, 2.05) is 0 Å². The number of hydrogen-bond donors (Lipinski definition) is 1. The molecule has 0 bridgehead atoms. The zero-order valence-electron chi connectivity index (χ0n) is 16.5. The van der Waals surface area contributed by atoms with Crippen molar-refractivity contribution in [3.8, 4) is 5.88 Å². The van der Waals surface area contributed by atoms with Crippen LogP contribution in [0.4, 0.5) is 19.0 Å². The minimum atomic E-state index is -4.88. The number of sulfonamides is 1. The Labute approximate surface area is 175 Å². The molecule has 1 aromatic carbocycles. The molecular formula is C19H19F3N4O4S. The predicted octanol–water partition coefficient (Wildman–Crippen LogP) is 3.16. The lowest BCUT2D eigenvalue weighted by Gasteiger charge is -2.23. The third-order valence-corrected chi connectivity index (χ3v) is 5.65. The van der Waals surface area contributed by atoms with Crippen LogP contribution in [0.1, 0.15) is 25.0 Å². The summed E-state index contributed by atoms with van der Waals surface area (Å²) in [6.45, 7) is 1.64. The zero-order chi connectivity index (χ0) is 22.8. The van der Waals surface area contributed by atoms with Gasteiger partial charge in [0, 0.05) is 24.9 Å². The number of halogens is 3. The Morgan fingerprint density at radius 2 is 1.77 bits per heavy atom. The number of rotatable bonds is 7. The lowest BCUT2D eigenvalue weighted by atomic mass is 10.1. The molecule has 3 aromatic rings. The molecular weight excluding hydrogens is 437 g/mol. The van der Waals surface area contributed by atoms with Gasteiger partial charge >= 0.3 is 6.18 Å². The van der Waals surface area contributed by atoms with Crippen molar-refractivity contribution in [2.45, 2.75) is 25.6 Å². The van der Waals surface area contributed by atoms with Crippen LogP contribution in [0.25, 0.3) is 11.0 Å². The van der Waals surface area contributed by atoms with Crippen molar-refractivity contribution < 1.29 is 26.3 Å². The van der Waals surface area contributed by atoms with Crippen LogP contribution in [0.2, 0.25) is 0 Å². The van der Waals surface area contributed by atoms with E-state index in [2.05, 4.69) is 14.7 Å². The van der Waals surface area contributed by atoms with Crippen molar-refractivity contribution in [3.63, 3.8) is 0 Å². The molecule has 12 heteroatoms. The SMILES string of the molecule is CCCS(=O)(=O)Nc1nc2ccccc2nc1OC(c1ccc(=O)n(C)c1)C(F)(F)F. The van der Waals surface area contributed by atoms with Crippen molar-refractivity contribution in [2.75, 3.05) is 10.5 Å². The molecule has 0 saturated heterocycles. The lowest BCUT2D eigenvalue weighted by molar-refractivity contribution is -0.198. The number of nitrogens with one attached hydrogen (secondary N) is 1. The van der Waals surface area contributed by atoms with E-state index in [-0.39, 0.29) is 28.8 Å². The number of anilines is 1. The van der Waals surface area contributed by atoms with Gasteiger partial charge in [0.15, 0.2) is 0 Å². The summed E-state index contributed by atoms with van der Waals surface area (Å²) in [4.78, 5) is 19.7. The summed E-state index contributed by atoms with van der Waals surface area (Å²) in [6.07, 6.45) is -6.11. The smallest absolute Gasteiger partial charge is 0.429 e. The number of alkyl halides is 3. The fraction of sp³-hybridized carbons (Fsp3) is 0.316. The highest BCUT2D eigenvalue weighted by Gasteiger charge is 2.44. The van der Waals surface area contributed by atoms with Crippen LogP contribution in [-0.2, 0) is 17.1 Å². The highest BCUT2D eigenvalue weighted by molar-refractivity contribution is 7.92. The van der Waals surface area contributed by atoms with Crippen molar-refractivity contribution in [1.82, 2.24) is 14.5 Å². The molecule has 8 nitrogen and oxygen atoms in total. The first-order chi connectivity index (χ1) is 14.5. The average Bonchev–Trinajstić information content (AvgIpc) is 2.67. The monoisotopic (exact) mass is 456 g/mol. The molecule has 3 rings (SSSR count). The molecule has 31 heavy (non-hydrogen) atoms. The van der Waals surface area contributed by atoms with Gasteiger partial charge in [-0.1, -0.05) is 19.1 Å². The molecule has 0 aliphatic carbocycles. The fourth-order valence-corrected chi connectivity index (χ4v) is 3.87. The first-order valence-corrected chi connectivity index (χ1v) is 10.8. The summed E-state index contributed by atoms with van der Waals surface area (Å²) in [5.74, 6) is -1.34. The van der Waals surface area contributed by atoms with E-state index in [4.69, 9.17) is 4.74 Å². The number of nitrogens with zero attached hydrogens (tertiary/aromatic N) is 3. The van der Waals surface area contributed by atoms with Crippen molar-refractivity contribution in [1.29, 1.82) is 0 Å². The fourth-order valence-electron chi connectivity index (χ4n) is 2.81. The van der Waals surface area contributed by atoms with Gasteiger partial charge in [-0.3, -0.25) is 9.52 Å². The number of ether oxygens (including phenoxy) is 1. The first kappa shape index (κ1) is 22.5. The number of aryl methyl sites for hydroxylation is 1. The lowest BCUT2D eigenvalue weighted by Crippen LogP contribution is -2.29. The first-order valence-electron chi connectivity index (χ1n) is 9.17. The number of fused-ring (bicyclic) bond motifs is 1. The van der Waals surface area contributed by atoms with Gasteiger partial charge in [0.25, 0.3) is 5.88 Å². The van der Waals surface area contributed by atoms with E-state index in [1.165, 1.54) is 19.2 Å². The van der Waals surface area contributed by atoms with Crippen LogP contribution >= 0.6 is 0 Å². The number of benzene rings is 1. The Morgan fingerprint density at radius 1 is 1.13 bits per heavy atom. The molecule has 2 aromatic heterocycles. The van der Waals surface area contributed by atoms with Crippen molar-refractivity contribution >= 4 is 26.9 Å². The van der Waals surface area contributed by atoms with Crippen LogP contribution in [-0.4, -0.2) is 34.9 Å². The minimum Gasteiger partial charge on any atom is -0.457 e. The average molecular weight is 456 g/mol. The summed E-state index contributed by atoms with van der Waals surface area (Å²) < 4.78 is 74.3. The minimum absolute atomic E-state index is 0.220. The number of hydrogen-bond acceptors (Lipinski definition) is 6. The summed E-state index contributed by atoms with van der Waals surface area (Å²) in [5, 5.41) is 0. The zero-order valence-corrected chi connectivity index (χ0v) is 17.4. The van der Waals surface area contributed by atoms with Gasteiger partial charge in [0.1, 0.15) is 0 Å². The second-order valence-corrected chi connectivity index (χ2v) is 8.58. The van der Waals surface area contributed by atoms with Crippen molar-refractivity contribution in [2.24, 2.45) is 7.05 Å².